The predicted molar refractivity (Wildman–Crippen MR) is 104 cm³/mol. The van der Waals surface area contributed by atoms with E-state index < -0.39 is 0 Å². The lowest BCUT2D eigenvalue weighted by Gasteiger charge is -2.18. The molecule has 2 heterocycles. The fourth-order valence-corrected chi connectivity index (χ4v) is 3.32. The van der Waals surface area contributed by atoms with Gasteiger partial charge in [-0.15, -0.1) is 0 Å². The Bertz CT molecular complexity index is 894. The highest BCUT2D eigenvalue weighted by atomic mass is 35.5. The number of carbonyl (C=O) groups excluding carboxylic acids is 2. The molecule has 1 aromatic heterocycles. The third kappa shape index (κ3) is 4.75. The number of aryl methyl sites for hydroxylation is 1. The van der Waals surface area contributed by atoms with Crippen molar-refractivity contribution in [3.63, 3.8) is 0 Å². The molecule has 7 nitrogen and oxygen atoms in total. The van der Waals surface area contributed by atoms with Crippen LogP contribution in [0.15, 0.2) is 29.4 Å². The molecule has 1 saturated heterocycles. The van der Waals surface area contributed by atoms with E-state index in [9.17, 15) is 14.0 Å². The van der Waals surface area contributed by atoms with Crippen LogP contribution in [0.3, 0.4) is 0 Å². The molecule has 0 aliphatic carbocycles. The van der Waals surface area contributed by atoms with Crippen molar-refractivity contribution in [2.24, 2.45) is 5.10 Å². The van der Waals surface area contributed by atoms with Gasteiger partial charge < -0.3 is 4.90 Å². The molecule has 1 N–H and O–H groups in total. The second kappa shape index (κ2) is 8.97. The Morgan fingerprint density at radius 2 is 2.07 bits per heavy atom. The van der Waals surface area contributed by atoms with Crippen LogP contribution in [0.2, 0.25) is 5.15 Å². The van der Waals surface area contributed by atoms with Gasteiger partial charge >= 0.3 is 0 Å². The van der Waals surface area contributed by atoms with Gasteiger partial charge in [-0.25, -0.2) is 14.5 Å². The lowest BCUT2D eigenvalue weighted by atomic mass is 10.2. The molecule has 1 fully saturated rings. The van der Waals surface area contributed by atoms with Gasteiger partial charge in [-0.2, -0.15) is 10.2 Å². The molecule has 9 heteroatoms. The summed E-state index contributed by atoms with van der Waals surface area (Å²) in [5, 5.41) is 8.56. The third-order valence-electron chi connectivity index (χ3n) is 4.51. The van der Waals surface area contributed by atoms with Crippen LogP contribution >= 0.6 is 11.6 Å². The molecule has 1 aromatic carbocycles. The first kappa shape index (κ1) is 20.0. The Morgan fingerprint density at radius 1 is 1.32 bits per heavy atom. The van der Waals surface area contributed by atoms with E-state index in [2.05, 4.69) is 15.6 Å². The molecule has 3 rings (SSSR count). The Kier molecular flexibility index (Phi) is 6.41. The molecule has 28 heavy (non-hydrogen) atoms. The molecule has 0 atom stereocenters. The van der Waals surface area contributed by atoms with Crippen LogP contribution in [0.25, 0.3) is 5.69 Å². The number of amides is 2. The van der Waals surface area contributed by atoms with Gasteiger partial charge in [-0.1, -0.05) is 18.0 Å². The van der Waals surface area contributed by atoms with Crippen molar-refractivity contribution < 1.29 is 14.0 Å². The zero-order valence-electron chi connectivity index (χ0n) is 15.5. The summed E-state index contributed by atoms with van der Waals surface area (Å²) in [6.45, 7) is 2.33. The summed E-state index contributed by atoms with van der Waals surface area (Å²) in [5.41, 5.74) is 4.18. The average Bonchev–Trinajstić information content (AvgIpc) is 2.81. The quantitative estimate of drug-likeness (QED) is 0.613. The number of nitrogens with one attached hydrogen (secondary N) is 1. The molecule has 1 aliphatic rings. The summed E-state index contributed by atoms with van der Waals surface area (Å²) in [5.74, 6) is -0.724. The number of carbonyl (C=O) groups is 2. The predicted octanol–water partition coefficient (Wildman–Crippen LogP) is 2.83. The maximum atomic E-state index is 13.1. The van der Waals surface area contributed by atoms with E-state index in [4.69, 9.17) is 11.6 Å². The number of benzene rings is 1. The highest BCUT2D eigenvalue weighted by Crippen LogP contribution is 2.22. The second-order valence-electron chi connectivity index (χ2n) is 6.60. The highest BCUT2D eigenvalue weighted by Gasteiger charge is 2.19. The molecule has 0 saturated carbocycles. The van der Waals surface area contributed by atoms with Crippen LogP contribution < -0.4 is 5.43 Å². The monoisotopic (exact) mass is 405 g/mol. The van der Waals surface area contributed by atoms with E-state index in [-0.39, 0.29) is 24.2 Å². The smallest absolute Gasteiger partial charge is 0.259 e. The summed E-state index contributed by atoms with van der Waals surface area (Å²) < 4.78 is 14.6. The lowest BCUT2D eigenvalue weighted by molar-refractivity contribution is -0.135. The van der Waals surface area contributed by atoms with Gasteiger partial charge in [-0.05, 0) is 44.0 Å². The molecule has 148 valence electrons. The topological polar surface area (TPSA) is 79.6 Å². The van der Waals surface area contributed by atoms with Crippen molar-refractivity contribution >= 4 is 29.6 Å². The van der Waals surface area contributed by atoms with Gasteiger partial charge in [0.15, 0.2) is 0 Å². The van der Waals surface area contributed by atoms with Crippen LogP contribution in [0.1, 0.15) is 36.9 Å². The lowest BCUT2D eigenvalue weighted by Crippen LogP contribution is -2.39. The minimum Gasteiger partial charge on any atom is -0.333 e. The SMILES string of the molecule is Cc1nn(-c2ccc(F)cc2)c(Cl)c1/C=N\NC(=O)CN1CCCCCC1=O. The zero-order valence-corrected chi connectivity index (χ0v) is 16.2. The first-order valence-electron chi connectivity index (χ1n) is 9.06. The molecule has 0 spiro atoms. The van der Waals surface area contributed by atoms with Crippen molar-refractivity contribution in [2.75, 3.05) is 13.1 Å². The first-order valence-corrected chi connectivity index (χ1v) is 9.44. The van der Waals surface area contributed by atoms with Crippen LogP contribution in [-0.2, 0) is 9.59 Å². The number of hydrazone groups is 1. The maximum absolute atomic E-state index is 13.1. The van der Waals surface area contributed by atoms with E-state index >= 15 is 0 Å². The molecule has 0 unspecified atom stereocenters. The Labute approximate surface area is 167 Å². The van der Waals surface area contributed by atoms with Crippen LogP contribution in [-0.4, -0.2) is 45.8 Å². The molecule has 2 aromatic rings. The summed E-state index contributed by atoms with van der Waals surface area (Å²) in [4.78, 5) is 25.6. The van der Waals surface area contributed by atoms with Gasteiger partial charge in [0.05, 0.1) is 23.2 Å². The molecule has 0 bridgehead atoms. The number of hydrogen-bond donors (Lipinski definition) is 1. The second-order valence-corrected chi connectivity index (χ2v) is 6.96. The Hall–Kier alpha value is -2.74. The summed E-state index contributed by atoms with van der Waals surface area (Å²) >= 11 is 6.36. The van der Waals surface area contributed by atoms with Crippen LogP contribution in [0.5, 0.6) is 0 Å². The number of aromatic nitrogens is 2. The van der Waals surface area contributed by atoms with Crippen molar-refractivity contribution in [1.29, 1.82) is 0 Å². The molecular weight excluding hydrogens is 385 g/mol. The number of rotatable bonds is 5. The fraction of sp³-hybridized carbons (Fsp3) is 0.368. The molecular formula is C19H21ClFN5O2. The molecule has 0 radical (unpaired) electrons. The Balaban J connectivity index is 1.65. The minimum atomic E-state index is -0.369. The Morgan fingerprint density at radius 3 is 2.82 bits per heavy atom. The first-order chi connectivity index (χ1) is 13.5. The standard InChI is InChI=1S/C19H21ClFN5O2/c1-13-16(19(20)26(24-13)15-8-6-14(21)7-9-15)11-22-23-17(27)12-25-10-4-2-3-5-18(25)28/h6-9,11H,2-5,10,12H2,1H3,(H,23,27)/b22-11-. The number of hydrogen-bond acceptors (Lipinski definition) is 4. The largest absolute Gasteiger partial charge is 0.333 e. The number of halogens is 2. The van der Waals surface area contributed by atoms with Gasteiger partial charge in [0.1, 0.15) is 17.5 Å². The van der Waals surface area contributed by atoms with E-state index in [1.54, 1.807) is 24.0 Å². The van der Waals surface area contributed by atoms with E-state index in [0.717, 1.165) is 19.3 Å². The summed E-state index contributed by atoms with van der Waals surface area (Å²) in [7, 11) is 0. The van der Waals surface area contributed by atoms with Crippen molar-refractivity contribution in [2.45, 2.75) is 32.6 Å². The van der Waals surface area contributed by atoms with Crippen LogP contribution in [0.4, 0.5) is 4.39 Å². The molecule has 2 amide bonds. The van der Waals surface area contributed by atoms with Gasteiger partial charge in [0.2, 0.25) is 5.91 Å². The van der Waals surface area contributed by atoms with Crippen molar-refractivity contribution in [3.05, 3.63) is 46.5 Å². The maximum Gasteiger partial charge on any atom is 0.259 e. The van der Waals surface area contributed by atoms with E-state index in [1.165, 1.54) is 23.0 Å². The summed E-state index contributed by atoms with van der Waals surface area (Å²) in [6, 6.07) is 5.77. The van der Waals surface area contributed by atoms with E-state index in [1.807, 2.05) is 0 Å². The van der Waals surface area contributed by atoms with Crippen molar-refractivity contribution in [1.82, 2.24) is 20.1 Å². The fourth-order valence-electron chi connectivity index (χ4n) is 2.99. The highest BCUT2D eigenvalue weighted by molar-refractivity contribution is 6.32. The van der Waals surface area contributed by atoms with Gasteiger partial charge in [-0.3, -0.25) is 9.59 Å². The van der Waals surface area contributed by atoms with Gasteiger partial charge in [0.25, 0.3) is 5.91 Å². The van der Waals surface area contributed by atoms with Crippen LogP contribution in [0, 0.1) is 12.7 Å². The normalized spacial score (nSPS) is 15.1. The molecule has 1 aliphatic heterocycles. The summed E-state index contributed by atoms with van der Waals surface area (Å²) in [6.07, 6.45) is 4.66. The van der Waals surface area contributed by atoms with Crippen molar-refractivity contribution in [3.8, 4) is 5.69 Å². The zero-order chi connectivity index (χ0) is 20.1. The minimum absolute atomic E-state index is 0.00362. The van der Waals surface area contributed by atoms with Gasteiger partial charge in [0, 0.05) is 13.0 Å². The number of likely N-dealkylation sites (tertiary alicyclic amines) is 1. The third-order valence-corrected chi connectivity index (χ3v) is 4.87. The van der Waals surface area contributed by atoms with E-state index in [0.29, 0.717) is 35.1 Å². The number of nitrogens with zero attached hydrogens (tertiary/aromatic N) is 4. The average molecular weight is 406 g/mol.